The standard InChI is InChI=1S/C10H8O4/c11-4-7-3-6-1-2-12-8(6)10-9(7)13-5-14-10/h3-4H,1-2,5H2. The van der Waals surface area contributed by atoms with E-state index in [9.17, 15) is 4.79 Å². The Labute approximate surface area is 80.4 Å². The van der Waals surface area contributed by atoms with E-state index in [0.29, 0.717) is 23.7 Å². The van der Waals surface area contributed by atoms with Crippen molar-refractivity contribution in [2.24, 2.45) is 0 Å². The Bertz CT molecular complexity index is 411. The smallest absolute Gasteiger partial charge is 0.231 e. The number of ether oxygens (including phenoxy) is 3. The van der Waals surface area contributed by atoms with E-state index < -0.39 is 0 Å². The molecule has 14 heavy (non-hydrogen) atoms. The molecule has 2 aliphatic heterocycles. The van der Waals surface area contributed by atoms with Gasteiger partial charge >= 0.3 is 0 Å². The zero-order valence-electron chi connectivity index (χ0n) is 7.41. The van der Waals surface area contributed by atoms with Crippen molar-refractivity contribution in [3.63, 3.8) is 0 Å². The highest BCUT2D eigenvalue weighted by molar-refractivity contribution is 5.84. The van der Waals surface area contributed by atoms with E-state index in [1.807, 2.05) is 6.07 Å². The molecule has 0 radical (unpaired) electrons. The molecule has 0 unspecified atom stereocenters. The Morgan fingerprint density at radius 2 is 2.00 bits per heavy atom. The number of fused-ring (bicyclic) bond motifs is 3. The van der Waals surface area contributed by atoms with E-state index in [0.717, 1.165) is 24.0 Å². The second-order valence-corrected chi connectivity index (χ2v) is 3.24. The summed E-state index contributed by atoms with van der Waals surface area (Å²) in [4.78, 5) is 10.8. The molecule has 1 aromatic rings. The lowest BCUT2D eigenvalue weighted by Gasteiger charge is -2.04. The number of carbonyl (C=O) groups excluding carboxylic acids is 1. The van der Waals surface area contributed by atoms with Crippen molar-refractivity contribution < 1.29 is 19.0 Å². The summed E-state index contributed by atoms with van der Waals surface area (Å²) >= 11 is 0. The Kier molecular flexibility index (Phi) is 1.45. The molecular formula is C10H8O4. The normalized spacial score (nSPS) is 16.3. The minimum absolute atomic E-state index is 0.163. The van der Waals surface area contributed by atoms with Crippen molar-refractivity contribution >= 4 is 6.29 Å². The van der Waals surface area contributed by atoms with Crippen LogP contribution < -0.4 is 14.2 Å². The zero-order chi connectivity index (χ0) is 9.54. The first-order chi connectivity index (χ1) is 6.90. The quantitative estimate of drug-likeness (QED) is 0.626. The van der Waals surface area contributed by atoms with Gasteiger partial charge < -0.3 is 14.2 Å². The number of benzene rings is 1. The number of hydrogen-bond donors (Lipinski definition) is 0. The molecule has 0 atom stereocenters. The fourth-order valence-electron chi connectivity index (χ4n) is 1.82. The van der Waals surface area contributed by atoms with Crippen molar-refractivity contribution in [2.75, 3.05) is 13.4 Å². The Hall–Kier alpha value is -1.71. The van der Waals surface area contributed by atoms with Gasteiger partial charge in [-0.25, -0.2) is 0 Å². The van der Waals surface area contributed by atoms with Gasteiger partial charge in [-0.15, -0.1) is 0 Å². The highest BCUT2D eigenvalue weighted by Gasteiger charge is 2.28. The monoisotopic (exact) mass is 192 g/mol. The predicted octanol–water partition coefficient (Wildman–Crippen LogP) is 1.16. The molecule has 4 nitrogen and oxygen atoms in total. The SMILES string of the molecule is O=Cc1cc2c(c3c1OCO3)OCC2. The van der Waals surface area contributed by atoms with Crippen molar-refractivity contribution in [3.8, 4) is 17.2 Å². The van der Waals surface area contributed by atoms with Crippen LogP contribution in [0.2, 0.25) is 0 Å². The van der Waals surface area contributed by atoms with E-state index in [1.165, 1.54) is 0 Å². The lowest BCUT2D eigenvalue weighted by Crippen LogP contribution is -1.94. The topological polar surface area (TPSA) is 44.8 Å². The van der Waals surface area contributed by atoms with Gasteiger partial charge in [-0.1, -0.05) is 0 Å². The maximum atomic E-state index is 10.8. The fourth-order valence-corrected chi connectivity index (χ4v) is 1.82. The zero-order valence-corrected chi connectivity index (χ0v) is 7.41. The summed E-state index contributed by atoms with van der Waals surface area (Å²) in [6.07, 6.45) is 1.61. The van der Waals surface area contributed by atoms with Crippen LogP contribution >= 0.6 is 0 Å². The summed E-state index contributed by atoms with van der Waals surface area (Å²) in [5, 5.41) is 0. The van der Waals surface area contributed by atoms with E-state index >= 15 is 0 Å². The number of aldehydes is 1. The molecule has 0 amide bonds. The van der Waals surface area contributed by atoms with Crippen LogP contribution in [0.15, 0.2) is 6.07 Å². The van der Waals surface area contributed by atoms with E-state index in [2.05, 4.69) is 0 Å². The van der Waals surface area contributed by atoms with Crippen molar-refractivity contribution in [1.29, 1.82) is 0 Å². The molecule has 2 aliphatic rings. The molecule has 3 rings (SSSR count). The van der Waals surface area contributed by atoms with Crippen LogP contribution in [-0.4, -0.2) is 19.7 Å². The van der Waals surface area contributed by atoms with Gasteiger partial charge in [-0.3, -0.25) is 4.79 Å². The van der Waals surface area contributed by atoms with E-state index in [-0.39, 0.29) is 6.79 Å². The minimum Gasteiger partial charge on any atom is -0.489 e. The van der Waals surface area contributed by atoms with Crippen LogP contribution in [0.3, 0.4) is 0 Å². The molecule has 0 bridgehead atoms. The molecule has 0 fully saturated rings. The molecule has 0 saturated heterocycles. The lowest BCUT2D eigenvalue weighted by atomic mass is 10.1. The summed E-state index contributed by atoms with van der Waals surface area (Å²) in [5.41, 5.74) is 1.57. The van der Waals surface area contributed by atoms with Gasteiger partial charge in [-0.2, -0.15) is 0 Å². The first kappa shape index (κ1) is 7.67. The maximum Gasteiger partial charge on any atom is 0.231 e. The van der Waals surface area contributed by atoms with Crippen molar-refractivity contribution in [3.05, 3.63) is 17.2 Å². The molecule has 0 aromatic heterocycles. The Morgan fingerprint density at radius 1 is 1.14 bits per heavy atom. The lowest BCUT2D eigenvalue weighted by molar-refractivity contribution is 0.111. The van der Waals surface area contributed by atoms with Gasteiger partial charge in [0, 0.05) is 12.0 Å². The second kappa shape index (κ2) is 2.64. The Morgan fingerprint density at radius 3 is 2.86 bits per heavy atom. The third-order valence-electron chi connectivity index (χ3n) is 2.45. The second-order valence-electron chi connectivity index (χ2n) is 3.24. The average Bonchev–Trinajstić information content (AvgIpc) is 2.83. The van der Waals surface area contributed by atoms with Gasteiger partial charge in [0.1, 0.15) is 0 Å². The van der Waals surface area contributed by atoms with Gasteiger partial charge in [0.2, 0.25) is 12.5 Å². The average molecular weight is 192 g/mol. The van der Waals surface area contributed by atoms with Gasteiger partial charge in [0.15, 0.2) is 17.8 Å². The van der Waals surface area contributed by atoms with Crippen LogP contribution in [0.5, 0.6) is 17.2 Å². The molecule has 1 aromatic carbocycles. The van der Waals surface area contributed by atoms with Gasteiger partial charge in [-0.05, 0) is 6.07 Å². The van der Waals surface area contributed by atoms with Gasteiger partial charge in [0.05, 0.1) is 12.2 Å². The summed E-state index contributed by atoms with van der Waals surface area (Å²) in [7, 11) is 0. The van der Waals surface area contributed by atoms with Crippen LogP contribution in [0.1, 0.15) is 15.9 Å². The van der Waals surface area contributed by atoms with Gasteiger partial charge in [0.25, 0.3) is 0 Å². The molecule has 0 spiro atoms. The molecule has 4 heteroatoms. The van der Waals surface area contributed by atoms with Crippen molar-refractivity contribution in [2.45, 2.75) is 6.42 Å². The third kappa shape index (κ3) is 0.852. The first-order valence-electron chi connectivity index (χ1n) is 4.43. The minimum atomic E-state index is 0.163. The fraction of sp³-hybridized carbons (Fsp3) is 0.300. The molecule has 2 heterocycles. The Balaban J connectivity index is 2.28. The summed E-state index contributed by atoms with van der Waals surface area (Å²) < 4.78 is 15.9. The van der Waals surface area contributed by atoms with E-state index in [4.69, 9.17) is 14.2 Å². The van der Waals surface area contributed by atoms with Crippen molar-refractivity contribution in [1.82, 2.24) is 0 Å². The van der Waals surface area contributed by atoms with Crippen LogP contribution in [0, 0.1) is 0 Å². The summed E-state index contributed by atoms with van der Waals surface area (Å²) in [5.74, 6) is 1.84. The number of carbonyl (C=O) groups is 1. The largest absolute Gasteiger partial charge is 0.489 e. The highest BCUT2D eigenvalue weighted by atomic mass is 16.7. The molecular weight excluding hydrogens is 184 g/mol. The number of rotatable bonds is 1. The highest BCUT2D eigenvalue weighted by Crippen LogP contribution is 2.47. The van der Waals surface area contributed by atoms with E-state index in [1.54, 1.807) is 0 Å². The maximum absolute atomic E-state index is 10.8. The molecule has 72 valence electrons. The van der Waals surface area contributed by atoms with Crippen LogP contribution in [0.25, 0.3) is 0 Å². The van der Waals surface area contributed by atoms with Crippen LogP contribution in [-0.2, 0) is 6.42 Å². The third-order valence-corrected chi connectivity index (χ3v) is 2.45. The molecule has 0 aliphatic carbocycles. The first-order valence-corrected chi connectivity index (χ1v) is 4.43. The molecule has 0 N–H and O–H groups in total. The summed E-state index contributed by atoms with van der Waals surface area (Å²) in [6.45, 7) is 0.809. The number of hydrogen-bond acceptors (Lipinski definition) is 4. The summed E-state index contributed by atoms with van der Waals surface area (Å²) in [6, 6.07) is 1.81. The van der Waals surface area contributed by atoms with Crippen LogP contribution in [0.4, 0.5) is 0 Å². The molecule has 0 saturated carbocycles. The predicted molar refractivity (Wildman–Crippen MR) is 47.2 cm³/mol.